The fourth-order valence-corrected chi connectivity index (χ4v) is 2.56. The van der Waals surface area contributed by atoms with E-state index in [2.05, 4.69) is 11.2 Å². The topological polar surface area (TPSA) is 57.1 Å². The molecular weight excluding hydrogens is 270 g/mol. The molecule has 0 radical (unpaired) electrons. The van der Waals surface area contributed by atoms with Crippen molar-refractivity contribution in [3.8, 4) is 0 Å². The number of ether oxygens (including phenoxy) is 2. The third kappa shape index (κ3) is 3.24. The number of carbonyl (C=O) groups excluding carboxylic acids is 1. The van der Waals surface area contributed by atoms with E-state index in [9.17, 15) is 4.79 Å². The summed E-state index contributed by atoms with van der Waals surface area (Å²) in [5.74, 6) is -0.416. The molecule has 1 aliphatic carbocycles. The summed E-state index contributed by atoms with van der Waals surface area (Å²) in [6.45, 7) is 0. The van der Waals surface area contributed by atoms with Gasteiger partial charge >= 0.3 is 5.97 Å². The normalized spacial score (nSPS) is 16.3. The summed E-state index contributed by atoms with van der Waals surface area (Å²) in [4.78, 5) is 16.8. The summed E-state index contributed by atoms with van der Waals surface area (Å²) < 4.78 is 9.87. The Hall–Kier alpha value is -2.30. The molecule has 5 nitrogen and oxygen atoms in total. The molecule has 112 valence electrons. The van der Waals surface area contributed by atoms with E-state index in [1.165, 1.54) is 26.0 Å². The van der Waals surface area contributed by atoms with E-state index in [0.717, 1.165) is 29.7 Å². The Morgan fingerprint density at radius 2 is 2.05 bits per heavy atom. The fraction of sp³-hybridized carbons (Fsp3) is 0.375. The summed E-state index contributed by atoms with van der Waals surface area (Å²) >= 11 is 0. The highest BCUT2D eigenvalue weighted by Crippen LogP contribution is 2.29. The third-order valence-corrected chi connectivity index (χ3v) is 3.49. The van der Waals surface area contributed by atoms with Crippen LogP contribution in [0.4, 0.5) is 0 Å². The van der Waals surface area contributed by atoms with Gasteiger partial charge in [0.25, 0.3) is 0 Å². The zero-order valence-electron chi connectivity index (χ0n) is 12.5. The van der Waals surface area contributed by atoms with Crippen LogP contribution >= 0.6 is 0 Å². The van der Waals surface area contributed by atoms with Gasteiger partial charge in [-0.2, -0.15) is 0 Å². The minimum absolute atomic E-state index is 0.413. The number of fused-ring (bicyclic) bond motifs is 1. The Bertz CT molecular complexity index is 590. The molecule has 0 aliphatic heterocycles. The second kappa shape index (κ2) is 6.92. The molecule has 0 fully saturated rings. The Morgan fingerprint density at radius 1 is 1.24 bits per heavy atom. The molecular formula is C16H19NO4. The molecule has 2 rings (SSSR count). The maximum atomic E-state index is 12.0. The van der Waals surface area contributed by atoms with E-state index in [-0.39, 0.29) is 0 Å². The predicted molar refractivity (Wildman–Crippen MR) is 79.9 cm³/mol. The van der Waals surface area contributed by atoms with E-state index >= 15 is 0 Å². The van der Waals surface area contributed by atoms with Gasteiger partial charge in [-0.25, -0.2) is 4.79 Å². The summed E-state index contributed by atoms with van der Waals surface area (Å²) in [5, 5.41) is 4.04. The van der Waals surface area contributed by atoms with Crippen LogP contribution in [0, 0.1) is 0 Å². The zero-order chi connectivity index (χ0) is 15.2. The monoisotopic (exact) mass is 289 g/mol. The Labute approximate surface area is 124 Å². The quantitative estimate of drug-likeness (QED) is 0.369. The summed E-state index contributed by atoms with van der Waals surface area (Å²) in [7, 11) is 4.41. The number of rotatable bonds is 4. The highest BCUT2D eigenvalue weighted by Gasteiger charge is 2.23. The lowest BCUT2D eigenvalue weighted by Gasteiger charge is -2.21. The SMILES string of the molecule is CO/C=C(/C(=O)OC)c1cccc2c1C/C(=N\OC)CC2. The number of methoxy groups -OCH3 is 2. The van der Waals surface area contributed by atoms with Gasteiger partial charge in [0, 0.05) is 6.42 Å². The first-order valence-corrected chi connectivity index (χ1v) is 6.72. The van der Waals surface area contributed by atoms with Crippen molar-refractivity contribution in [1.29, 1.82) is 0 Å². The van der Waals surface area contributed by atoms with Crippen molar-refractivity contribution in [3.05, 3.63) is 41.2 Å². The lowest BCUT2D eigenvalue weighted by molar-refractivity contribution is -0.133. The number of hydrogen-bond donors (Lipinski definition) is 0. The molecule has 0 bridgehead atoms. The van der Waals surface area contributed by atoms with Crippen LogP contribution < -0.4 is 0 Å². The van der Waals surface area contributed by atoms with Gasteiger partial charge < -0.3 is 14.3 Å². The number of aryl methyl sites for hydroxylation is 1. The van der Waals surface area contributed by atoms with Crippen molar-refractivity contribution in [1.82, 2.24) is 0 Å². The molecule has 0 aromatic heterocycles. The van der Waals surface area contributed by atoms with Crippen molar-refractivity contribution >= 4 is 17.3 Å². The summed E-state index contributed by atoms with van der Waals surface area (Å²) in [5.41, 5.74) is 4.50. The maximum Gasteiger partial charge on any atom is 0.341 e. The average Bonchev–Trinajstić information content (AvgIpc) is 2.52. The second-order valence-electron chi connectivity index (χ2n) is 4.72. The van der Waals surface area contributed by atoms with E-state index < -0.39 is 5.97 Å². The van der Waals surface area contributed by atoms with Gasteiger partial charge in [-0.3, -0.25) is 0 Å². The second-order valence-corrected chi connectivity index (χ2v) is 4.72. The van der Waals surface area contributed by atoms with E-state index in [4.69, 9.17) is 14.3 Å². The zero-order valence-corrected chi connectivity index (χ0v) is 12.5. The van der Waals surface area contributed by atoms with E-state index in [0.29, 0.717) is 12.0 Å². The molecule has 5 heteroatoms. The van der Waals surface area contributed by atoms with Gasteiger partial charge in [0.05, 0.1) is 26.2 Å². The summed E-state index contributed by atoms with van der Waals surface area (Å²) in [6, 6.07) is 5.92. The molecule has 1 aromatic rings. The largest absolute Gasteiger partial charge is 0.503 e. The maximum absolute atomic E-state index is 12.0. The van der Waals surface area contributed by atoms with Gasteiger partial charge in [0.1, 0.15) is 12.7 Å². The lowest BCUT2D eigenvalue weighted by Crippen LogP contribution is -2.17. The van der Waals surface area contributed by atoms with Crippen LogP contribution in [0.5, 0.6) is 0 Å². The molecule has 0 saturated carbocycles. The van der Waals surface area contributed by atoms with Gasteiger partial charge in [-0.05, 0) is 29.5 Å². The van der Waals surface area contributed by atoms with Crippen LogP contribution in [0.1, 0.15) is 23.1 Å². The van der Waals surface area contributed by atoms with Crippen molar-refractivity contribution in [2.24, 2.45) is 5.16 Å². The fourth-order valence-electron chi connectivity index (χ4n) is 2.56. The predicted octanol–water partition coefficient (Wildman–Crippen LogP) is 2.34. The van der Waals surface area contributed by atoms with Crippen LogP contribution in [0.2, 0.25) is 0 Å². The van der Waals surface area contributed by atoms with Crippen molar-refractivity contribution in [2.45, 2.75) is 19.3 Å². The van der Waals surface area contributed by atoms with E-state index in [1.54, 1.807) is 7.11 Å². The molecule has 0 heterocycles. The minimum atomic E-state index is -0.416. The molecule has 0 amide bonds. The first-order chi connectivity index (χ1) is 10.2. The van der Waals surface area contributed by atoms with E-state index in [1.807, 2.05) is 12.1 Å². The van der Waals surface area contributed by atoms with Gasteiger partial charge in [-0.1, -0.05) is 23.4 Å². The van der Waals surface area contributed by atoms with Gasteiger partial charge in [0.15, 0.2) is 0 Å². The third-order valence-electron chi connectivity index (χ3n) is 3.49. The van der Waals surface area contributed by atoms with Gasteiger partial charge in [-0.15, -0.1) is 0 Å². The van der Waals surface area contributed by atoms with Crippen molar-refractivity contribution < 1.29 is 19.1 Å². The first-order valence-electron chi connectivity index (χ1n) is 6.72. The molecule has 0 spiro atoms. The highest BCUT2D eigenvalue weighted by molar-refractivity contribution is 6.17. The van der Waals surface area contributed by atoms with Crippen LogP contribution in [-0.2, 0) is 31.9 Å². The number of carbonyl (C=O) groups is 1. The number of hydrogen-bond acceptors (Lipinski definition) is 5. The standard InChI is InChI=1S/C16H19NO4/c1-19-10-15(16(18)20-2)13-6-4-5-11-7-8-12(17-21-3)9-14(11)13/h4-6,10H,7-9H2,1-3H3/b15-10+,17-12-. The summed E-state index contributed by atoms with van der Waals surface area (Å²) in [6.07, 6.45) is 3.83. The number of oxime groups is 1. The molecule has 1 aliphatic rings. The molecule has 21 heavy (non-hydrogen) atoms. The smallest absolute Gasteiger partial charge is 0.341 e. The van der Waals surface area contributed by atoms with Crippen LogP contribution in [0.25, 0.3) is 5.57 Å². The van der Waals surface area contributed by atoms with Crippen molar-refractivity contribution in [2.75, 3.05) is 21.3 Å². The molecule has 0 N–H and O–H groups in total. The highest BCUT2D eigenvalue weighted by atomic mass is 16.6. The van der Waals surface area contributed by atoms with Gasteiger partial charge in [0.2, 0.25) is 0 Å². The molecule has 0 saturated heterocycles. The first kappa shape index (κ1) is 15.1. The molecule has 0 atom stereocenters. The lowest BCUT2D eigenvalue weighted by atomic mass is 9.85. The van der Waals surface area contributed by atoms with Crippen molar-refractivity contribution in [3.63, 3.8) is 0 Å². The average molecular weight is 289 g/mol. The molecule has 1 aromatic carbocycles. The number of benzene rings is 1. The van der Waals surface area contributed by atoms with Crippen LogP contribution in [-0.4, -0.2) is 33.0 Å². The number of nitrogens with zero attached hydrogens (tertiary/aromatic N) is 1. The Balaban J connectivity index is 2.48. The minimum Gasteiger partial charge on any atom is -0.503 e. The number of esters is 1. The van der Waals surface area contributed by atoms with Crippen LogP contribution in [0.3, 0.4) is 0 Å². The Kier molecular flexibility index (Phi) is 4.98. The molecule has 0 unspecified atom stereocenters. The van der Waals surface area contributed by atoms with Crippen LogP contribution in [0.15, 0.2) is 29.6 Å². The Morgan fingerprint density at radius 3 is 2.71 bits per heavy atom.